The van der Waals surface area contributed by atoms with Crippen molar-refractivity contribution >= 4 is 36.0 Å². The maximum atomic E-state index is 12.5. The van der Waals surface area contributed by atoms with Gasteiger partial charge in [-0.2, -0.15) is 0 Å². The fourth-order valence-corrected chi connectivity index (χ4v) is 3.06. The van der Waals surface area contributed by atoms with Gasteiger partial charge in [0.15, 0.2) is 5.71 Å². The van der Waals surface area contributed by atoms with Gasteiger partial charge in [-0.1, -0.05) is 11.2 Å². The van der Waals surface area contributed by atoms with Gasteiger partial charge in [-0.15, -0.1) is 11.3 Å². The zero-order valence-electron chi connectivity index (χ0n) is 13.3. The Labute approximate surface area is 148 Å². The predicted octanol–water partition coefficient (Wildman–Crippen LogP) is -0.381. The van der Waals surface area contributed by atoms with Crippen molar-refractivity contribution in [3.63, 3.8) is 0 Å². The van der Waals surface area contributed by atoms with Gasteiger partial charge in [-0.05, 0) is 24.3 Å². The number of rotatable bonds is 8. The normalized spacial score (nSPS) is 21.0. The molecule has 0 radical (unpaired) electrons. The van der Waals surface area contributed by atoms with E-state index >= 15 is 0 Å². The van der Waals surface area contributed by atoms with Crippen LogP contribution in [0.5, 0.6) is 0 Å². The zero-order chi connectivity index (χ0) is 18.2. The molecule has 1 saturated heterocycles. The number of hydrogen-bond donors (Lipinski definition) is 4. The smallest absolute Gasteiger partial charge is 0.478 e. The molecule has 9 nitrogen and oxygen atoms in total. The first-order valence-corrected chi connectivity index (χ1v) is 8.60. The van der Waals surface area contributed by atoms with Crippen LogP contribution in [0.1, 0.15) is 24.1 Å². The van der Waals surface area contributed by atoms with Gasteiger partial charge in [0.25, 0.3) is 5.91 Å². The van der Waals surface area contributed by atoms with Crippen molar-refractivity contribution in [2.24, 2.45) is 5.16 Å². The summed E-state index contributed by atoms with van der Waals surface area (Å²) in [6.07, 6.45) is -0.00542. The first-order valence-electron chi connectivity index (χ1n) is 7.72. The van der Waals surface area contributed by atoms with Gasteiger partial charge in [-0.25, -0.2) is 0 Å². The topological polar surface area (TPSA) is 138 Å². The predicted molar refractivity (Wildman–Crippen MR) is 90.2 cm³/mol. The summed E-state index contributed by atoms with van der Waals surface area (Å²) in [5, 5.41) is 35.7. The Morgan fingerprint density at radius 1 is 1.48 bits per heavy atom. The van der Waals surface area contributed by atoms with E-state index in [9.17, 15) is 14.6 Å². The molecule has 0 aromatic carbocycles. The van der Waals surface area contributed by atoms with Crippen molar-refractivity contribution in [3.05, 3.63) is 22.4 Å². The van der Waals surface area contributed by atoms with E-state index in [1.54, 1.807) is 17.5 Å². The minimum atomic E-state index is -1.30. The van der Waals surface area contributed by atoms with Gasteiger partial charge in [0, 0.05) is 0 Å². The fourth-order valence-electron chi connectivity index (χ4n) is 2.36. The molecule has 11 heteroatoms. The van der Waals surface area contributed by atoms with Crippen molar-refractivity contribution in [2.45, 2.75) is 31.3 Å². The summed E-state index contributed by atoms with van der Waals surface area (Å²) in [5.74, 6) is -2.24. The lowest BCUT2D eigenvalue weighted by molar-refractivity contribution is -0.139. The molecule has 2 heterocycles. The number of carbonyl (C=O) groups is 2. The number of amides is 1. The molecular weight excluding hydrogens is 351 g/mol. The molecule has 2 atom stereocenters. The number of thiophene rings is 1. The highest BCUT2D eigenvalue weighted by Crippen LogP contribution is 2.19. The van der Waals surface area contributed by atoms with Crippen LogP contribution in [-0.2, 0) is 19.1 Å². The molecule has 0 spiro atoms. The molecule has 4 N–H and O–H groups in total. The number of aliphatic carboxylic acids is 1. The first kappa shape index (κ1) is 19.4. The van der Waals surface area contributed by atoms with E-state index in [2.05, 4.69) is 10.5 Å². The van der Waals surface area contributed by atoms with Crippen LogP contribution in [0.4, 0.5) is 0 Å². The van der Waals surface area contributed by atoms with Crippen LogP contribution in [0.15, 0.2) is 22.7 Å². The maximum Gasteiger partial charge on any atom is 0.478 e. The van der Waals surface area contributed by atoms with E-state index in [0.717, 1.165) is 0 Å². The number of carboxylic acids is 1. The Morgan fingerprint density at radius 2 is 2.28 bits per heavy atom. The second-order valence-electron chi connectivity index (χ2n) is 5.38. The summed E-state index contributed by atoms with van der Waals surface area (Å²) in [4.78, 5) is 28.6. The number of carbonyl (C=O) groups excluding carboxylic acids is 1. The van der Waals surface area contributed by atoms with Crippen LogP contribution in [0.3, 0.4) is 0 Å². The summed E-state index contributed by atoms with van der Waals surface area (Å²) in [7, 11) is -1.30. The van der Waals surface area contributed by atoms with Crippen LogP contribution in [0.25, 0.3) is 0 Å². The van der Waals surface area contributed by atoms with E-state index < -0.39 is 31.0 Å². The third-order valence-electron chi connectivity index (χ3n) is 3.50. The Hall–Kier alpha value is -1.95. The summed E-state index contributed by atoms with van der Waals surface area (Å²) in [5.41, 5.74) is 0.0308. The van der Waals surface area contributed by atoms with E-state index in [-0.39, 0.29) is 25.3 Å². The molecule has 136 valence electrons. The van der Waals surface area contributed by atoms with Crippen LogP contribution >= 0.6 is 11.3 Å². The number of carboxylic acid groups (broad SMARTS) is 1. The van der Waals surface area contributed by atoms with Gasteiger partial charge < -0.3 is 30.0 Å². The van der Waals surface area contributed by atoms with Crippen LogP contribution in [0.2, 0.25) is 0 Å². The monoisotopic (exact) mass is 370 g/mol. The minimum absolute atomic E-state index is 0.0308. The minimum Gasteiger partial charge on any atom is -0.481 e. The van der Waals surface area contributed by atoms with Gasteiger partial charge in [0.2, 0.25) is 0 Å². The summed E-state index contributed by atoms with van der Waals surface area (Å²) < 4.78 is 5.24. The average molecular weight is 370 g/mol. The fraction of sp³-hybridized carbons (Fsp3) is 0.500. The van der Waals surface area contributed by atoms with Gasteiger partial charge in [-0.3, -0.25) is 9.59 Å². The highest BCUT2D eigenvalue weighted by Gasteiger charge is 2.37. The summed E-state index contributed by atoms with van der Waals surface area (Å²) >= 11 is 1.29. The lowest BCUT2D eigenvalue weighted by atomic mass is 9.72. The van der Waals surface area contributed by atoms with Crippen molar-refractivity contribution in [1.82, 2.24) is 5.32 Å². The third kappa shape index (κ3) is 5.82. The number of aliphatic hydroxyl groups excluding tert-OH is 1. The van der Waals surface area contributed by atoms with E-state index in [0.29, 0.717) is 17.7 Å². The Bertz CT molecular complexity index is 610. The van der Waals surface area contributed by atoms with Crippen molar-refractivity contribution < 1.29 is 34.3 Å². The van der Waals surface area contributed by atoms with Gasteiger partial charge in [0.05, 0.1) is 30.0 Å². The molecule has 1 aromatic rings. The first-order chi connectivity index (χ1) is 12.0. The quantitative estimate of drug-likeness (QED) is 0.212. The molecule has 0 saturated carbocycles. The Morgan fingerprint density at radius 3 is 2.88 bits per heavy atom. The molecule has 1 aliphatic rings. The number of nitrogens with one attached hydrogen (secondary N) is 1. The Kier molecular flexibility index (Phi) is 7.38. The molecule has 0 bridgehead atoms. The average Bonchev–Trinajstić information content (AvgIpc) is 3.07. The Balaban J connectivity index is 1.98. The highest BCUT2D eigenvalue weighted by molar-refractivity contribution is 7.13. The molecule has 0 aliphatic carbocycles. The van der Waals surface area contributed by atoms with Gasteiger partial charge >= 0.3 is 13.1 Å². The van der Waals surface area contributed by atoms with Crippen LogP contribution in [-0.4, -0.2) is 65.2 Å². The molecule has 2 rings (SSSR count). The standard InChI is InChI=1S/C14H19BN2O7S/c18-5-6-23-17-13(10-2-1-7-25-10)14(21)16-11-4-3-9(8-12(19)20)24-15(11)22/h1-2,7,9,11,18,22H,3-6,8H2,(H,16,21)(H,19,20)/b17-13-/t9-,11-/m0/s1. The maximum absolute atomic E-state index is 12.5. The largest absolute Gasteiger partial charge is 0.481 e. The van der Waals surface area contributed by atoms with E-state index in [1.807, 2.05) is 0 Å². The van der Waals surface area contributed by atoms with E-state index in [4.69, 9.17) is 19.7 Å². The molecule has 0 unspecified atom stereocenters. The van der Waals surface area contributed by atoms with Gasteiger partial charge in [0.1, 0.15) is 6.61 Å². The number of oxime groups is 1. The van der Waals surface area contributed by atoms with Crippen molar-refractivity contribution in [3.8, 4) is 0 Å². The second kappa shape index (κ2) is 9.52. The van der Waals surface area contributed by atoms with Crippen LogP contribution < -0.4 is 5.32 Å². The molecule has 1 aliphatic heterocycles. The van der Waals surface area contributed by atoms with Crippen molar-refractivity contribution in [2.75, 3.05) is 13.2 Å². The van der Waals surface area contributed by atoms with E-state index in [1.165, 1.54) is 11.3 Å². The second-order valence-corrected chi connectivity index (χ2v) is 6.33. The molecule has 1 aromatic heterocycles. The summed E-state index contributed by atoms with van der Waals surface area (Å²) in [6, 6.07) is 3.45. The third-order valence-corrected chi connectivity index (χ3v) is 4.38. The van der Waals surface area contributed by atoms with Crippen molar-refractivity contribution in [1.29, 1.82) is 0 Å². The number of nitrogens with zero attached hydrogens (tertiary/aromatic N) is 1. The lowest BCUT2D eigenvalue weighted by Gasteiger charge is -2.30. The number of aliphatic hydroxyl groups is 1. The number of hydrogen-bond acceptors (Lipinski definition) is 8. The highest BCUT2D eigenvalue weighted by atomic mass is 32.1. The molecule has 25 heavy (non-hydrogen) atoms. The summed E-state index contributed by atoms with van der Waals surface area (Å²) in [6.45, 7) is -0.281. The lowest BCUT2D eigenvalue weighted by Crippen LogP contribution is -2.54. The molecule has 1 amide bonds. The molecule has 1 fully saturated rings. The van der Waals surface area contributed by atoms with Crippen LogP contribution in [0, 0.1) is 0 Å². The SMILES string of the molecule is O=C(O)C[C@@H]1CC[C@H](NC(=O)/C(=N\OCCO)c2cccs2)B(O)O1. The molecular formula is C14H19BN2O7S. The zero-order valence-corrected chi connectivity index (χ0v) is 14.1.